The number of nitrogens with zero attached hydrogens (tertiary/aromatic N) is 3. The number of allylic oxidation sites excluding steroid dienone is 4. The molecule has 0 spiro atoms. The van der Waals surface area contributed by atoms with E-state index in [0.717, 1.165) is 44.4 Å². The van der Waals surface area contributed by atoms with Gasteiger partial charge in [0.25, 0.3) is 0 Å². The van der Waals surface area contributed by atoms with Crippen LogP contribution in [0.3, 0.4) is 0 Å². The lowest BCUT2D eigenvalue weighted by Gasteiger charge is -2.14. The van der Waals surface area contributed by atoms with Gasteiger partial charge in [-0.25, -0.2) is 9.97 Å². The smallest absolute Gasteiger partial charge is 0.160 e. The summed E-state index contributed by atoms with van der Waals surface area (Å²) in [6, 6.07) is 60.0. The molecule has 3 heteroatoms. The van der Waals surface area contributed by atoms with Gasteiger partial charge in [-0.2, -0.15) is 0 Å². The topological polar surface area (TPSA) is 30.7 Å². The minimum Gasteiger partial charge on any atom is -0.309 e. The van der Waals surface area contributed by atoms with Crippen molar-refractivity contribution >= 4 is 38.2 Å². The van der Waals surface area contributed by atoms with Crippen LogP contribution >= 0.6 is 0 Å². The Morgan fingerprint density at radius 1 is 0.537 bits per heavy atom. The molecule has 2 aromatic heterocycles. The Balaban J connectivity index is 1.16. The van der Waals surface area contributed by atoms with Crippen molar-refractivity contribution in [3.05, 3.63) is 194 Å². The Labute approximate surface area is 315 Å². The van der Waals surface area contributed by atoms with E-state index in [1.165, 1.54) is 32.9 Å². The van der Waals surface area contributed by atoms with Crippen LogP contribution in [0.2, 0.25) is 0 Å². The summed E-state index contributed by atoms with van der Waals surface area (Å²) >= 11 is 0. The summed E-state index contributed by atoms with van der Waals surface area (Å²) in [5.74, 6) is 3.48. The highest BCUT2D eigenvalue weighted by atomic mass is 15.0. The van der Waals surface area contributed by atoms with Gasteiger partial charge in [0.1, 0.15) is 0 Å². The molecule has 2 heterocycles. The molecular formula is C51H35N3. The first-order chi connectivity index (χ1) is 26.7. The van der Waals surface area contributed by atoms with Gasteiger partial charge in [-0.05, 0) is 88.5 Å². The number of hydrogen-bond acceptors (Lipinski definition) is 2. The lowest BCUT2D eigenvalue weighted by molar-refractivity contribution is 1.16. The monoisotopic (exact) mass is 689 g/mol. The summed E-state index contributed by atoms with van der Waals surface area (Å²) in [4.78, 5) is 10.1. The van der Waals surface area contributed by atoms with Crippen LogP contribution in [0.25, 0.3) is 88.7 Å². The SMILES string of the molecule is C#C/C(=C\C=C/C)c1cc(-c2ccc(-c3cccc(-c4ccc5c(c4)c4ccccc4n5-c4ccccc4)c3)c3ccccc23)nc(-c2ccccc2)n1. The molecule has 0 atom stereocenters. The highest BCUT2D eigenvalue weighted by molar-refractivity contribution is 6.11. The van der Waals surface area contributed by atoms with Crippen LogP contribution in [0.15, 0.2) is 188 Å². The molecule has 0 aliphatic carbocycles. The minimum absolute atomic E-state index is 0.634. The van der Waals surface area contributed by atoms with Gasteiger partial charge < -0.3 is 4.57 Å². The van der Waals surface area contributed by atoms with Crippen molar-refractivity contribution < 1.29 is 0 Å². The molecule has 0 N–H and O–H groups in total. The van der Waals surface area contributed by atoms with Gasteiger partial charge >= 0.3 is 0 Å². The van der Waals surface area contributed by atoms with Crippen LogP contribution in [0.1, 0.15) is 12.6 Å². The van der Waals surface area contributed by atoms with E-state index in [9.17, 15) is 0 Å². The van der Waals surface area contributed by atoms with Crippen molar-refractivity contribution in [1.82, 2.24) is 14.5 Å². The Kier molecular flexibility index (Phi) is 8.48. The van der Waals surface area contributed by atoms with Gasteiger partial charge in [0, 0.05) is 27.6 Å². The third-order valence-corrected chi connectivity index (χ3v) is 10.0. The van der Waals surface area contributed by atoms with Gasteiger partial charge in [0.15, 0.2) is 5.82 Å². The Bertz CT molecular complexity index is 2940. The maximum absolute atomic E-state index is 6.02. The van der Waals surface area contributed by atoms with Crippen LogP contribution in [-0.2, 0) is 0 Å². The zero-order valence-electron chi connectivity index (χ0n) is 29.8. The summed E-state index contributed by atoms with van der Waals surface area (Å²) in [6.45, 7) is 1.97. The maximum Gasteiger partial charge on any atom is 0.160 e. The fourth-order valence-corrected chi connectivity index (χ4v) is 7.49. The molecule has 0 aliphatic rings. The van der Waals surface area contributed by atoms with Gasteiger partial charge in [0.2, 0.25) is 0 Å². The largest absolute Gasteiger partial charge is 0.309 e. The molecular weight excluding hydrogens is 655 g/mol. The molecule has 0 saturated carbocycles. The molecule has 7 aromatic carbocycles. The maximum atomic E-state index is 6.02. The predicted octanol–water partition coefficient (Wildman–Crippen LogP) is 13.0. The molecule has 0 amide bonds. The van der Waals surface area contributed by atoms with E-state index in [1.54, 1.807) is 0 Å². The molecule has 0 aliphatic heterocycles. The summed E-state index contributed by atoms with van der Waals surface area (Å²) in [6.07, 6.45) is 11.8. The van der Waals surface area contributed by atoms with Crippen LogP contribution in [0.5, 0.6) is 0 Å². The summed E-state index contributed by atoms with van der Waals surface area (Å²) in [7, 11) is 0. The van der Waals surface area contributed by atoms with Crippen LogP contribution in [-0.4, -0.2) is 14.5 Å². The van der Waals surface area contributed by atoms with Crippen molar-refractivity contribution in [2.45, 2.75) is 6.92 Å². The molecule has 54 heavy (non-hydrogen) atoms. The van der Waals surface area contributed by atoms with Crippen molar-refractivity contribution in [1.29, 1.82) is 0 Å². The number of benzene rings is 7. The number of hydrogen-bond donors (Lipinski definition) is 0. The van der Waals surface area contributed by atoms with Crippen LogP contribution in [0, 0.1) is 12.3 Å². The normalized spacial score (nSPS) is 11.8. The van der Waals surface area contributed by atoms with Gasteiger partial charge in [-0.1, -0.05) is 145 Å². The van der Waals surface area contributed by atoms with E-state index >= 15 is 0 Å². The highest BCUT2D eigenvalue weighted by Crippen LogP contribution is 2.39. The van der Waals surface area contributed by atoms with Crippen molar-refractivity contribution in [3.63, 3.8) is 0 Å². The quantitative estimate of drug-likeness (QED) is 0.123. The van der Waals surface area contributed by atoms with E-state index in [2.05, 4.69) is 144 Å². The van der Waals surface area contributed by atoms with Gasteiger partial charge in [-0.3, -0.25) is 0 Å². The second kappa shape index (κ2) is 14.0. The molecule has 0 bridgehead atoms. The number of para-hydroxylation sites is 2. The van der Waals surface area contributed by atoms with Crippen LogP contribution in [0.4, 0.5) is 0 Å². The van der Waals surface area contributed by atoms with E-state index in [0.29, 0.717) is 17.1 Å². The number of fused-ring (bicyclic) bond motifs is 4. The first-order valence-electron chi connectivity index (χ1n) is 18.2. The molecule has 9 aromatic rings. The minimum atomic E-state index is 0.634. The Morgan fingerprint density at radius 2 is 1.17 bits per heavy atom. The standard InChI is InChI=1S/C51H35N3/c1-3-5-17-35(4-2)47-34-48(53-51(52-47)36-18-8-6-9-19-36)44-30-29-41(42-24-12-13-25-43(42)44)39-21-16-20-37(32-39)38-28-31-50-46(33-38)45-26-14-15-27-49(45)54(50)40-22-10-7-11-23-40/h2-3,5-34H,1H3/b5-3-,35-17+. The van der Waals surface area contributed by atoms with E-state index in [4.69, 9.17) is 16.4 Å². The molecule has 3 nitrogen and oxygen atoms in total. The second-order valence-electron chi connectivity index (χ2n) is 13.3. The van der Waals surface area contributed by atoms with Crippen LogP contribution < -0.4 is 0 Å². The third-order valence-electron chi connectivity index (χ3n) is 10.0. The average Bonchev–Trinajstić information content (AvgIpc) is 3.58. The number of aromatic nitrogens is 3. The molecule has 0 unspecified atom stereocenters. The average molecular weight is 690 g/mol. The zero-order chi connectivity index (χ0) is 36.4. The van der Waals surface area contributed by atoms with E-state index in [1.807, 2.05) is 61.5 Å². The van der Waals surface area contributed by atoms with Gasteiger partial charge in [-0.15, -0.1) is 6.42 Å². The predicted molar refractivity (Wildman–Crippen MR) is 227 cm³/mol. The summed E-state index contributed by atoms with van der Waals surface area (Å²) in [5, 5.41) is 4.74. The van der Waals surface area contributed by atoms with E-state index in [-0.39, 0.29) is 0 Å². The van der Waals surface area contributed by atoms with E-state index < -0.39 is 0 Å². The highest BCUT2D eigenvalue weighted by Gasteiger charge is 2.17. The summed E-state index contributed by atoms with van der Waals surface area (Å²) < 4.78 is 2.36. The first kappa shape index (κ1) is 32.6. The third kappa shape index (κ3) is 5.87. The van der Waals surface area contributed by atoms with Gasteiger partial charge in [0.05, 0.1) is 28.0 Å². The first-order valence-corrected chi connectivity index (χ1v) is 18.2. The van der Waals surface area contributed by atoms with Crippen molar-refractivity contribution in [2.24, 2.45) is 0 Å². The lowest BCUT2D eigenvalue weighted by Crippen LogP contribution is -1.98. The molecule has 0 fully saturated rings. The van der Waals surface area contributed by atoms with Crippen molar-refractivity contribution in [3.8, 4) is 62.9 Å². The Hall–Kier alpha value is -7.28. The summed E-state index contributed by atoms with van der Waals surface area (Å²) in [5.41, 5.74) is 12.4. The fraction of sp³-hybridized carbons (Fsp3) is 0.0196. The fourth-order valence-electron chi connectivity index (χ4n) is 7.49. The molecule has 0 radical (unpaired) electrons. The van der Waals surface area contributed by atoms with Crippen molar-refractivity contribution in [2.75, 3.05) is 0 Å². The molecule has 254 valence electrons. The Morgan fingerprint density at radius 3 is 1.94 bits per heavy atom. The number of terminal acetylenes is 1. The second-order valence-corrected chi connectivity index (χ2v) is 13.3. The number of rotatable bonds is 7. The molecule has 9 rings (SSSR count). The molecule has 0 saturated heterocycles. The zero-order valence-corrected chi connectivity index (χ0v) is 29.8. The lowest BCUT2D eigenvalue weighted by atomic mass is 9.91.